The maximum atomic E-state index is 12.0. The van der Waals surface area contributed by atoms with E-state index in [1.165, 1.54) is 6.42 Å². The van der Waals surface area contributed by atoms with Gasteiger partial charge in [-0.05, 0) is 38.5 Å². The lowest BCUT2D eigenvalue weighted by Gasteiger charge is -2.32. The molecule has 140 valence electrons. The predicted molar refractivity (Wildman–Crippen MR) is 91.6 cm³/mol. The molecule has 0 aromatic carbocycles. The van der Waals surface area contributed by atoms with Crippen LogP contribution in [0.1, 0.15) is 71.6 Å². The van der Waals surface area contributed by atoms with E-state index < -0.39 is 18.2 Å². The van der Waals surface area contributed by atoms with Crippen molar-refractivity contribution in [3.05, 3.63) is 0 Å². The molecule has 0 radical (unpaired) electrons. The zero-order chi connectivity index (χ0) is 17.8. The number of rotatable bonds is 10. The van der Waals surface area contributed by atoms with E-state index in [0.717, 1.165) is 38.5 Å². The number of alkyl carbamates (subject to hydrolysis) is 1. The lowest BCUT2D eigenvalue weighted by Crippen LogP contribution is -2.43. The molecule has 1 fully saturated rings. The summed E-state index contributed by atoms with van der Waals surface area (Å²) in [6.45, 7) is 4.49. The number of ether oxygens (including phenoxy) is 2. The number of nitrogens with one attached hydrogen (secondary N) is 1. The van der Waals surface area contributed by atoms with E-state index in [-0.39, 0.29) is 12.5 Å². The van der Waals surface area contributed by atoms with E-state index in [9.17, 15) is 14.7 Å². The van der Waals surface area contributed by atoms with Crippen LogP contribution in [-0.4, -0.2) is 42.5 Å². The molecule has 1 aliphatic carbocycles. The van der Waals surface area contributed by atoms with E-state index in [1.807, 2.05) is 6.92 Å². The summed E-state index contributed by atoms with van der Waals surface area (Å²) >= 11 is 0. The monoisotopic (exact) mass is 343 g/mol. The topological polar surface area (TPSA) is 84.9 Å². The molecule has 2 unspecified atom stereocenters. The van der Waals surface area contributed by atoms with Crippen molar-refractivity contribution in [3.8, 4) is 0 Å². The van der Waals surface area contributed by atoms with Crippen molar-refractivity contribution in [2.75, 3.05) is 13.2 Å². The highest BCUT2D eigenvalue weighted by atomic mass is 16.5. The van der Waals surface area contributed by atoms with Crippen LogP contribution in [0.5, 0.6) is 0 Å². The predicted octanol–water partition coefficient (Wildman–Crippen LogP) is 3.17. The molecule has 0 aliphatic heterocycles. The van der Waals surface area contributed by atoms with Gasteiger partial charge >= 0.3 is 12.1 Å². The molecule has 1 amide bonds. The SMILES string of the molecule is CCCCOC(=O)NC(CC(O)CC(=O)OCC)C1CCCCC1. The van der Waals surface area contributed by atoms with Gasteiger partial charge in [-0.15, -0.1) is 0 Å². The number of aliphatic hydroxyl groups excluding tert-OH is 1. The second kappa shape index (κ2) is 12.1. The first-order chi connectivity index (χ1) is 11.6. The Morgan fingerprint density at radius 2 is 1.88 bits per heavy atom. The Balaban J connectivity index is 2.53. The fourth-order valence-electron chi connectivity index (χ4n) is 3.20. The smallest absolute Gasteiger partial charge is 0.407 e. The van der Waals surface area contributed by atoms with Crippen molar-refractivity contribution in [1.82, 2.24) is 5.32 Å². The third-order valence-electron chi connectivity index (χ3n) is 4.49. The minimum absolute atomic E-state index is 0.0381. The van der Waals surface area contributed by atoms with E-state index in [2.05, 4.69) is 5.32 Å². The maximum Gasteiger partial charge on any atom is 0.407 e. The van der Waals surface area contributed by atoms with Crippen molar-refractivity contribution < 1.29 is 24.2 Å². The zero-order valence-electron chi connectivity index (χ0n) is 15.1. The molecule has 0 saturated heterocycles. The first-order valence-electron chi connectivity index (χ1n) is 9.33. The molecular weight excluding hydrogens is 310 g/mol. The van der Waals surface area contributed by atoms with Crippen LogP contribution in [0.3, 0.4) is 0 Å². The Bertz CT molecular complexity index is 368. The van der Waals surface area contributed by atoms with Crippen LogP contribution in [0.2, 0.25) is 0 Å². The van der Waals surface area contributed by atoms with Crippen molar-refractivity contribution in [1.29, 1.82) is 0 Å². The fourth-order valence-corrected chi connectivity index (χ4v) is 3.20. The van der Waals surface area contributed by atoms with Crippen LogP contribution >= 0.6 is 0 Å². The average Bonchev–Trinajstić information content (AvgIpc) is 2.55. The normalized spacial score (nSPS) is 17.8. The van der Waals surface area contributed by atoms with Gasteiger partial charge in [0.2, 0.25) is 0 Å². The zero-order valence-corrected chi connectivity index (χ0v) is 15.1. The van der Waals surface area contributed by atoms with Gasteiger partial charge in [-0.3, -0.25) is 4.79 Å². The van der Waals surface area contributed by atoms with Gasteiger partial charge in [0.1, 0.15) is 0 Å². The van der Waals surface area contributed by atoms with Gasteiger partial charge in [-0.25, -0.2) is 4.79 Å². The quantitative estimate of drug-likeness (QED) is 0.470. The third-order valence-corrected chi connectivity index (χ3v) is 4.49. The highest BCUT2D eigenvalue weighted by Crippen LogP contribution is 2.28. The molecule has 2 atom stereocenters. The van der Waals surface area contributed by atoms with Crippen molar-refractivity contribution in [3.63, 3.8) is 0 Å². The molecule has 2 N–H and O–H groups in total. The largest absolute Gasteiger partial charge is 0.466 e. The summed E-state index contributed by atoms with van der Waals surface area (Å²) in [6, 6.07) is -0.163. The highest BCUT2D eigenvalue weighted by molar-refractivity contribution is 5.70. The first kappa shape index (κ1) is 20.7. The van der Waals surface area contributed by atoms with Gasteiger partial charge in [0.25, 0.3) is 0 Å². The Morgan fingerprint density at radius 1 is 1.17 bits per heavy atom. The van der Waals surface area contributed by atoms with Crippen LogP contribution in [0.25, 0.3) is 0 Å². The second-order valence-electron chi connectivity index (χ2n) is 6.54. The average molecular weight is 343 g/mol. The summed E-state index contributed by atoms with van der Waals surface area (Å²) in [5.74, 6) is -0.0766. The van der Waals surface area contributed by atoms with Gasteiger partial charge < -0.3 is 19.9 Å². The fraction of sp³-hybridized carbons (Fsp3) is 0.889. The summed E-state index contributed by atoms with van der Waals surface area (Å²) in [7, 11) is 0. The number of hydrogen-bond donors (Lipinski definition) is 2. The van der Waals surface area contributed by atoms with Crippen LogP contribution in [-0.2, 0) is 14.3 Å². The lowest BCUT2D eigenvalue weighted by atomic mass is 9.81. The molecule has 0 aromatic rings. The number of amides is 1. The van der Waals surface area contributed by atoms with Gasteiger partial charge in [0.15, 0.2) is 0 Å². The molecule has 0 spiro atoms. The van der Waals surface area contributed by atoms with Gasteiger partial charge in [0, 0.05) is 6.04 Å². The lowest BCUT2D eigenvalue weighted by molar-refractivity contribution is -0.145. The van der Waals surface area contributed by atoms with Crippen molar-refractivity contribution >= 4 is 12.1 Å². The number of carbonyl (C=O) groups is 2. The molecule has 1 aliphatic rings. The van der Waals surface area contributed by atoms with Gasteiger partial charge in [-0.1, -0.05) is 32.6 Å². The van der Waals surface area contributed by atoms with Crippen LogP contribution < -0.4 is 5.32 Å². The first-order valence-corrected chi connectivity index (χ1v) is 9.33. The molecule has 0 bridgehead atoms. The van der Waals surface area contributed by atoms with Gasteiger partial charge in [0.05, 0.1) is 25.7 Å². The Labute approximate surface area is 145 Å². The number of aliphatic hydroxyl groups is 1. The molecule has 0 heterocycles. The second-order valence-corrected chi connectivity index (χ2v) is 6.54. The number of unbranched alkanes of at least 4 members (excludes halogenated alkanes) is 1. The number of hydrogen-bond acceptors (Lipinski definition) is 5. The van der Waals surface area contributed by atoms with Crippen molar-refractivity contribution in [2.45, 2.75) is 83.8 Å². The summed E-state index contributed by atoms with van der Waals surface area (Å²) in [4.78, 5) is 23.5. The maximum absolute atomic E-state index is 12.0. The third kappa shape index (κ3) is 8.52. The molecule has 1 saturated carbocycles. The van der Waals surface area contributed by atoms with E-state index in [0.29, 0.717) is 25.6 Å². The minimum Gasteiger partial charge on any atom is -0.466 e. The van der Waals surface area contributed by atoms with Crippen LogP contribution in [0.15, 0.2) is 0 Å². The van der Waals surface area contributed by atoms with Crippen LogP contribution in [0.4, 0.5) is 4.79 Å². The summed E-state index contributed by atoms with van der Waals surface area (Å²) < 4.78 is 10.1. The van der Waals surface area contributed by atoms with Crippen molar-refractivity contribution in [2.24, 2.45) is 5.92 Å². The Hall–Kier alpha value is -1.30. The minimum atomic E-state index is -0.813. The molecule has 6 nitrogen and oxygen atoms in total. The Morgan fingerprint density at radius 3 is 2.50 bits per heavy atom. The number of carbonyl (C=O) groups excluding carboxylic acids is 2. The Kier molecular flexibility index (Phi) is 10.5. The molecule has 24 heavy (non-hydrogen) atoms. The summed E-state index contributed by atoms with van der Waals surface area (Å²) in [5, 5.41) is 13.1. The van der Waals surface area contributed by atoms with E-state index >= 15 is 0 Å². The molecule has 1 rings (SSSR count). The highest BCUT2D eigenvalue weighted by Gasteiger charge is 2.28. The molecule has 0 aromatic heterocycles. The van der Waals surface area contributed by atoms with E-state index in [4.69, 9.17) is 9.47 Å². The summed E-state index contributed by atoms with van der Waals surface area (Å²) in [5.41, 5.74) is 0. The van der Waals surface area contributed by atoms with Gasteiger partial charge in [-0.2, -0.15) is 0 Å². The standard InChI is InChI=1S/C18H33NO5/c1-3-5-11-24-18(22)19-16(14-9-7-6-8-10-14)12-15(20)13-17(21)23-4-2/h14-16,20H,3-13H2,1-2H3,(H,19,22). The summed E-state index contributed by atoms with van der Waals surface area (Å²) in [6.07, 6.45) is 6.45. The van der Waals surface area contributed by atoms with Crippen LogP contribution in [0, 0.1) is 5.92 Å². The van der Waals surface area contributed by atoms with E-state index in [1.54, 1.807) is 6.92 Å². The molecular formula is C18H33NO5. The number of esters is 1. The molecule has 6 heteroatoms.